The van der Waals surface area contributed by atoms with Gasteiger partial charge in [-0.1, -0.05) is 48.0 Å². The summed E-state index contributed by atoms with van der Waals surface area (Å²) in [5.74, 6) is 1.78. The molecule has 0 radical (unpaired) electrons. The number of aromatic nitrogens is 3. The molecule has 0 atom stereocenters. The Morgan fingerprint density at radius 2 is 1.63 bits per heavy atom. The fraction of sp³-hybridized carbons (Fsp3) is 0.194. The van der Waals surface area contributed by atoms with Gasteiger partial charge >= 0.3 is 0 Å². The number of fused-ring (bicyclic) bond motifs is 1. The number of rotatable bonds is 5. The second kappa shape index (κ2) is 10.0. The Morgan fingerprint density at radius 3 is 2.34 bits per heavy atom. The summed E-state index contributed by atoms with van der Waals surface area (Å²) in [6.07, 6.45) is 3.77. The van der Waals surface area contributed by atoms with Crippen LogP contribution < -0.4 is 9.64 Å². The molecule has 3 heterocycles. The Morgan fingerprint density at radius 1 is 0.868 bits per heavy atom. The molecule has 6 rings (SSSR count). The molecule has 0 unspecified atom stereocenters. The van der Waals surface area contributed by atoms with E-state index in [0.717, 1.165) is 50.5 Å². The number of benzene rings is 3. The maximum absolute atomic E-state index is 13.1. The van der Waals surface area contributed by atoms with Gasteiger partial charge in [0.25, 0.3) is 5.91 Å². The molecule has 0 saturated carbocycles. The topological polar surface area (TPSA) is 63.5 Å². The molecule has 5 aromatic rings. The number of piperazine rings is 1. The van der Waals surface area contributed by atoms with Crippen LogP contribution in [0.5, 0.6) is 5.75 Å². The van der Waals surface area contributed by atoms with E-state index in [-0.39, 0.29) is 5.91 Å². The Bertz CT molecular complexity index is 1590. The highest BCUT2D eigenvalue weighted by Crippen LogP contribution is 2.37. The molecule has 1 aliphatic heterocycles. The van der Waals surface area contributed by atoms with E-state index < -0.39 is 0 Å². The molecule has 1 amide bonds. The monoisotopic (exact) mass is 503 g/mol. The first kappa shape index (κ1) is 23.7. The first-order valence-electron chi connectivity index (χ1n) is 12.8. The van der Waals surface area contributed by atoms with Crippen LogP contribution in [0.15, 0.2) is 91.4 Å². The summed E-state index contributed by atoms with van der Waals surface area (Å²) in [5, 5.41) is 1.01. The van der Waals surface area contributed by atoms with Gasteiger partial charge in [-0.2, -0.15) is 0 Å². The van der Waals surface area contributed by atoms with E-state index in [4.69, 9.17) is 14.7 Å². The van der Waals surface area contributed by atoms with Crippen LogP contribution in [0.25, 0.3) is 27.8 Å². The van der Waals surface area contributed by atoms with Crippen LogP contribution in [0.1, 0.15) is 15.9 Å². The van der Waals surface area contributed by atoms with Crippen molar-refractivity contribution in [2.45, 2.75) is 6.92 Å². The highest BCUT2D eigenvalue weighted by atomic mass is 16.5. The lowest BCUT2D eigenvalue weighted by atomic mass is 10.1. The summed E-state index contributed by atoms with van der Waals surface area (Å²) in [6, 6.07) is 26.1. The summed E-state index contributed by atoms with van der Waals surface area (Å²) >= 11 is 0. The van der Waals surface area contributed by atoms with E-state index in [0.29, 0.717) is 26.2 Å². The van der Waals surface area contributed by atoms with Crippen molar-refractivity contribution in [2.75, 3.05) is 38.2 Å². The molecule has 38 heavy (non-hydrogen) atoms. The number of aryl methyl sites for hydroxylation is 1. The molecule has 0 aliphatic carbocycles. The second-order valence-electron chi connectivity index (χ2n) is 9.52. The van der Waals surface area contributed by atoms with Crippen molar-refractivity contribution < 1.29 is 9.53 Å². The van der Waals surface area contributed by atoms with E-state index in [1.165, 1.54) is 0 Å². The molecule has 0 N–H and O–H groups in total. The smallest absolute Gasteiger partial charge is 0.253 e. The van der Waals surface area contributed by atoms with Crippen LogP contribution in [0.2, 0.25) is 0 Å². The SMILES string of the molecule is COc1ccc(-n2cc(-c3ccccc3)c3c(N4CCN(C(=O)c5cccc(C)c5)CC4)ncnc32)cc1. The number of hydrogen-bond acceptors (Lipinski definition) is 5. The standard InChI is InChI=1S/C31H29N5O2/c1-22-7-6-10-24(19-22)31(37)35-17-15-34(16-18-35)29-28-27(23-8-4-3-5-9-23)20-36(30(28)33-21-32-29)25-11-13-26(38-2)14-12-25/h3-14,19-21H,15-18H2,1-2H3. The van der Waals surface area contributed by atoms with Gasteiger partial charge in [0.2, 0.25) is 0 Å². The average Bonchev–Trinajstić information content (AvgIpc) is 3.37. The Kier molecular flexibility index (Phi) is 6.25. The molecule has 7 nitrogen and oxygen atoms in total. The molecule has 1 aliphatic rings. The van der Waals surface area contributed by atoms with Crippen LogP contribution in [0.4, 0.5) is 5.82 Å². The third-order valence-corrected chi connectivity index (χ3v) is 7.13. The summed E-state index contributed by atoms with van der Waals surface area (Å²) in [6.45, 7) is 4.69. The quantitative estimate of drug-likeness (QED) is 0.323. The number of nitrogens with zero attached hydrogens (tertiary/aromatic N) is 5. The third kappa shape index (κ3) is 4.36. The molecule has 1 fully saturated rings. The number of methoxy groups -OCH3 is 1. The van der Waals surface area contributed by atoms with E-state index in [1.807, 2.05) is 78.6 Å². The first-order valence-corrected chi connectivity index (χ1v) is 12.8. The first-order chi connectivity index (χ1) is 18.6. The zero-order chi connectivity index (χ0) is 26.1. The fourth-order valence-corrected chi connectivity index (χ4v) is 5.14. The van der Waals surface area contributed by atoms with E-state index in [9.17, 15) is 4.79 Å². The predicted molar refractivity (Wildman–Crippen MR) is 150 cm³/mol. The number of carbonyl (C=O) groups is 1. The van der Waals surface area contributed by atoms with Gasteiger partial charge in [-0.15, -0.1) is 0 Å². The van der Waals surface area contributed by atoms with Crippen molar-refractivity contribution in [1.82, 2.24) is 19.4 Å². The number of ether oxygens (including phenoxy) is 1. The average molecular weight is 504 g/mol. The van der Waals surface area contributed by atoms with Crippen LogP contribution in [0, 0.1) is 6.92 Å². The van der Waals surface area contributed by atoms with Crippen molar-refractivity contribution in [3.05, 3.63) is 103 Å². The fourth-order valence-electron chi connectivity index (χ4n) is 5.14. The summed E-state index contributed by atoms with van der Waals surface area (Å²) in [7, 11) is 1.67. The van der Waals surface area contributed by atoms with Gasteiger partial charge in [0, 0.05) is 49.2 Å². The zero-order valence-electron chi connectivity index (χ0n) is 21.5. The number of hydrogen-bond donors (Lipinski definition) is 0. The second-order valence-corrected chi connectivity index (χ2v) is 9.52. The largest absolute Gasteiger partial charge is 0.497 e. The lowest BCUT2D eigenvalue weighted by Crippen LogP contribution is -2.49. The molecule has 0 bridgehead atoms. The lowest BCUT2D eigenvalue weighted by Gasteiger charge is -2.35. The molecule has 190 valence electrons. The Balaban J connectivity index is 1.37. The minimum absolute atomic E-state index is 0.0804. The molecular formula is C31H29N5O2. The zero-order valence-corrected chi connectivity index (χ0v) is 21.5. The maximum atomic E-state index is 13.1. The van der Waals surface area contributed by atoms with Gasteiger partial charge in [0.05, 0.1) is 12.5 Å². The van der Waals surface area contributed by atoms with Crippen LogP contribution in [-0.2, 0) is 0 Å². The number of amides is 1. The molecule has 3 aromatic carbocycles. The number of anilines is 1. The van der Waals surface area contributed by atoms with Gasteiger partial charge in [-0.25, -0.2) is 9.97 Å². The van der Waals surface area contributed by atoms with E-state index >= 15 is 0 Å². The summed E-state index contributed by atoms with van der Waals surface area (Å²) < 4.78 is 7.47. The van der Waals surface area contributed by atoms with Crippen molar-refractivity contribution in [3.8, 4) is 22.6 Å². The minimum atomic E-state index is 0.0804. The van der Waals surface area contributed by atoms with Crippen LogP contribution in [0.3, 0.4) is 0 Å². The van der Waals surface area contributed by atoms with Crippen molar-refractivity contribution in [3.63, 3.8) is 0 Å². The summed E-state index contributed by atoms with van der Waals surface area (Å²) in [5.41, 5.74) is 5.85. The van der Waals surface area contributed by atoms with Crippen molar-refractivity contribution >= 4 is 22.8 Å². The lowest BCUT2D eigenvalue weighted by molar-refractivity contribution is 0.0746. The number of carbonyl (C=O) groups excluding carboxylic acids is 1. The van der Waals surface area contributed by atoms with Gasteiger partial charge in [0.1, 0.15) is 17.9 Å². The predicted octanol–water partition coefficient (Wildman–Crippen LogP) is 5.37. The Labute approximate surface area is 221 Å². The third-order valence-electron chi connectivity index (χ3n) is 7.13. The van der Waals surface area contributed by atoms with Gasteiger partial charge in [-0.3, -0.25) is 4.79 Å². The molecule has 7 heteroatoms. The van der Waals surface area contributed by atoms with Crippen LogP contribution in [-0.4, -0.2) is 58.6 Å². The molecule has 2 aromatic heterocycles. The highest BCUT2D eigenvalue weighted by Gasteiger charge is 2.26. The minimum Gasteiger partial charge on any atom is -0.497 e. The highest BCUT2D eigenvalue weighted by molar-refractivity contribution is 6.02. The van der Waals surface area contributed by atoms with Gasteiger partial charge in [-0.05, 0) is 48.9 Å². The molecule has 0 spiro atoms. The molecular weight excluding hydrogens is 474 g/mol. The van der Waals surface area contributed by atoms with Gasteiger partial charge < -0.3 is 19.1 Å². The molecule has 1 saturated heterocycles. The van der Waals surface area contributed by atoms with E-state index in [2.05, 4.69) is 27.8 Å². The van der Waals surface area contributed by atoms with Gasteiger partial charge in [0.15, 0.2) is 5.65 Å². The van der Waals surface area contributed by atoms with E-state index in [1.54, 1.807) is 13.4 Å². The van der Waals surface area contributed by atoms with Crippen molar-refractivity contribution in [1.29, 1.82) is 0 Å². The summed E-state index contributed by atoms with van der Waals surface area (Å²) in [4.78, 5) is 26.8. The van der Waals surface area contributed by atoms with Crippen LogP contribution >= 0.6 is 0 Å². The maximum Gasteiger partial charge on any atom is 0.253 e. The normalized spacial score (nSPS) is 13.6. The van der Waals surface area contributed by atoms with Crippen molar-refractivity contribution in [2.24, 2.45) is 0 Å². The Hall–Kier alpha value is -4.65.